The van der Waals surface area contributed by atoms with Crippen LogP contribution in [0.2, 0.25) is 0 Å². The fourth-order valence-electron chi connectivity index (χ4n) is 2.10. The van der Waals surface area contributed by atoms with E-state index in [0.717, 1.165) is 12.8 Å². The number of carboxylic acids is 1. The maximum absolute atomic E-state index is 10.6. The molecule has 0 aromatic heterocycles. The van der Waals surface area contributed by atoms with Crippen LogP contribution in [0.4, 0.5) is 0 Å². The van der Waals surface area contributed by atoms with Crippen molar-refractivity contribution in [2.24, 2.45) is 10.9 Å². The van der Waals surface area contributed by atoms with Gasteiger partial charge in [0.25, 0.3) is 0 Å². The van der Waals surface area contributed by atoms with Crippen molar-refractivity contribution in [2.75, 3.05) is 6.54 Å². The summed E-state index contributed by atoms with van der Waals surface area (Å²) in [7, 11) is 0. The maximum atomic E-state index is 10.6. The fourth-order valence-corrected chi connectivity index (χ4v) is 2.10. The van der Waals surface area contributed by atoms with Gasteiger partial charge in [-0.05, 0) is 12.8 Å². The van der Waals surface area contributed by atoms with Crippen molar-refractivity contribution in [1.82, 2.24) is 0 Å². The zero-order valence-corrected chi connectivity index (χ0v) is 8.11. The van der Waals surface area contributed by atoms with Crippen LogP contribution in [0.3, 0.4) is 0 Å². The average Bonchev–Trinajstić information content (AvgIpc) is 2.68. The van der Waals surface area contributed by atoms with Gasteiger partial charge in [-0.3, -0.25) is 4.99 Å². The molecule has 1 unspecified atom stereocenters. The Morgan fingerprint density at radius 3 is 2.64 bits per heavy atom. The van der Waals surface area contributed by atoms with Crippen molar-refractivity contribution in [3.8, 4) is 0 Å². The van der Waals surface area contributed by atoms with Gasteiger partial charge in [0.2, 0.25) is 6.10 Å². The molecule has 1 aliphatic heterocycles. The number of hydrogen-bond acceptors (Lipinski definition) is 3. The van der Waals surface area contributed by atoms with Crippen molar-refractivity contribution in [1.29, 1.82) is 0 Å². The molecule has 0 spiro atoms. The number of hydrogen-bond donors (Lipinski definition) is 1. The summed E-state index contributed by atoms with van der Waals surface area (Å²) >= 11 is 0. The van der Waals surface area contributed by atoms with E-state index < -0.39 is 12.1 Å². The number of carbonyl (C=O) groups is 1. The largest absolute Gasteiger partial charge is 0.478 e. The van der Waals surface area contributed by atoms with Gasteiger partial charge in [-0.15, -0.1) is 0 Å². The van der Waals surface area contributed by atoms with E-state index in [4.69, 9.17) is 9.84 Å². The summed E-state index contributed by atoms with van der Waals surface area (Å²) in [5.74, 6) is 0.171. The van der Waals surface area contributed by atoms with Crippen LogP contribution < -0.4 is 0 Å². The second-order valence-corrected chi connectivity index (χ2v) is 3.96. The smallest absolute Gasteiger partial charge is 0.346 e. The molecule has 4 heteroatoms. The van der Waals surface area contributed by atoms with Crippen LogP contribution in [0.15, 0.2) is 4.99 Å². The predicted molar refractivity (Wildman–Crippen MR) is 51.4 cm³/mol. The Labute approximate surface area is 83.0 Å². The summed E-state index contributed by atoms with van der Waals surface area (Å²) in [6.07, 6.45) is 5.19. The molecule has 1 aliphatic carbocycles. The first-order valence-corrected chi connectivity index (χ1v) is 5.21. The summed E-state index contributed by atoms with van der Waals surface area (Å²) < 4.78 is 5.31. The molecule has 0 bridgehead atoms. The zero-order valence-electron chi connectivity index (χ0n) is 8.11. The van der Waals surface area contributed by atoms with Crippen LogP contribution in [0.1, 0.15) is 32.1 Å². The lowest BCUT2D eigenvalue weighted by molar-refractivity contribution is -0.144. The molecule has 2 aliphatic rings. The normalized spacial score (nSPS) is 28.3. The lowest BCUT2D eigenvalue weighted by Gasteiger charge is -2.21. The average molecular weight is 197 g/mol. The van der Waals surface area contributed by atoms with Crippen LogP contribution >= 0.6 is 0 Å². The molecular weight excluding hydrogens is 182 g/mol. The lowest BCUT2D eigenvalue weighted by Crippen LogP contribution is -2.26. The first kappa shape index (κ1) is 9.49. The van der Waals surface area contributed by atoms with E-state index in [-0.39, 0.29) is 0 Å². The predicted octanol–water partition coefficient (Wildman–Crippen LogP) is 1.45. The third kappa shape index (κ3) is 1.89. The highest BCUT2D eigenvalue weighted by Crippen LogP contribution is 2.27. The third-order valence-corrected chi connectivity index (χ3v) is 2.91. The van der Waals surface area contributed by atoms with E-state index in [9.17, 15) is 4.79 Å². The zero-order chi connectivity index (χ0) is 9.97. The standard InChI is InChI=1S/C10H15NO3/c12-10(13)8-6-11-9(14-8)7-4-2-1-3-5-7/h7-8H,1-6H2,(H,12,13). The van der Waals surface area contributed by atoms with Crippen molar-refractivity contribution in [2.45, 2.75) is 38.2 Å². The Balaban J connectivity index is 1.90. The SMILES string of the molecule is O=C(O)C1CN=C(C2CCCCC2)O1. The molecule has 1 atom stereocenters. The molecule has 1 fully saturated rings. The van der Waals surface area contributed by atoms with Gasteiger partial charge >= 0.3 is 5.97 Å². The third-order valence-electron chi connectivity index (χ3n) is 2.91. The van der Waals surface area contributed by atoms with Crippen molar-refractivity contribution in [3.63, 3.8) is 0 Å². The monoisotopic (exact) mass is 197 g/mol. The van der Waals surface area contributed by atoms with Crippen LogP contribution in [0.25, 0.3) is 0 Å². The van der Waals surface area contributed by atoms with Gasteiger partial charge in [0.15, 0.2) is 5.90 Å². The van der Waals surface area contributed by atoms with Crippen LogP contribution in [-0.4, -0.2) is 29.6 Å². The van der Waals surface area contributed by atoms with Gasteiger partial charge in [-0.2, -0.15) is 0 Å². The van der Waals surface area contributed by atoms with E-state index in [1.54, 1.807) is 0 Å². The summed E-state index contributed by atoms with van der Waals surface area (Å²) in [5, 5.41) is 8.73. The van der Waals surface area contributed by atoms with Crippen molar-refractivity contribution < 1.29 is 14.6 Å². The fraction of sp³-hybridized carbons (Fsp3) is 0.800. The Morgan fingerprint density at radius 2 is 2.07 bits per heavy atom. The molecule has 1 saturated carbocycles. The molecule has 0 amide bonds. The molecule has 0 aromatic carbocycles. The van der Waals surface area contributed by atoms with Gasteiger partial charge in [0.05, 0.1) is 6.54 Å². The van der Waals surface area contributed by atoms with Gasteiger partial charge < -0.3 is 9.84 Å². The van der Waals surface area contributed by atoms with E-state index in [0.29, 0.717) is 18.4 Å². The molecular formula is C10H15NO3. The number of ether oxygens (including phenoxy) is 1. The van der Waals surface area contributed by atoms with Crippen LogP contribution in [0.5, 0.6) is 0 Å². The Morgan fingerprint density at radius 1 is 1.36 bits per heavy atom. The molecule has 1 N–H and O–H groups in total. The van der Waals surface area contributed by atoms with Crippen molar-refractivity contribution >= 4 is 11.9 Å². The number of aliphatic carboxylic acids is 1. The van der Waals surface area contributed by atoms with E-state index >= 15 is 0 Å². The van der Waals surface area contributed by atoms with Gasteiger partial charge in [0, 0.05) is 5.92 Å². The molecule has 4 nitrogen and oxygen atoms in total. The second kappa shape index (κ2) is 3.98. The summed E-state index contributed by atoms with van der Waals surface area (Å²) in [6.45, 7) is 0.293. The minimum absolute atomic E-state index is 0.293. The number of aliphatic imine (C=N–C) groups is 1. The lowest BCUT2D eigenvalue weighted by atomic mass is 9.89. The highest BCUT2D eigenvalue weighted by atomic mass is 16.5. The highest BCUT2D eigenvalue weighted by Gasteiger charge is 2.31. The second-order valence-electron chi connectivity index (χ2n) is 3.96. The molecule has 0 aromatic rings. The van der Waals surface area contributed by atoms with Gasteiger partial charge in [-0.1, -0.05) is 19.3 Å². The quantitative estimate of drug-likeness (QED) is 0.728. The van der Waals surface area contributed by atoms with Crippen LogP contribution in [-0.2, 0) is 9.53 Å². The molecule has 2 rings (SSSR count). The first-order valence-electron chi connectivity index (χ1n) is 5.21. The van der Waals surface area contributed by atoms with Crippen LogP contribution in [0, 0.1) is 5.92 Å². The molecule has 78 valence electrons. The maximum Gasteiger partial charge on any atom is 0.346 e. The minimum atomic E-state index is -0.903. The van der Waals surface area contributed by atoms with Crippen molar-refractivity contribution in [3.05, 3.63) is 0 Å². The van der Waals surface area contributed by atoms with E-state index in [1.807, 2.05) is 0 Å². The van der Waals surface area contributed by atoms with Gasteiger partial charge in [0.1, 0.15) is 0 Å². The van der Waals surface area contributed by atoms with Gasteiger partial charge in [-0.25, -0.2) is 4.79 Å². The topological polar surface area (TPSA) is 58.9 Å². The first-order chi connectivity index (χ1) is 6.77. The molecule has 14 heavy (non-hydrogen) atoms. The summed E-state index contributed by atoms with van der Waals surface area (Å²) in [4.78, 5) is 14.8. The minimum Gasteiger partial charge on any atom is -0.478 e. The van der Waals surface area contributed by atoms with E-state index in [2.05, 4.69) is 4.99 Å². The number of carboxylic acid groups (broad SMARTS) is 1. The molecule has 0 saturated heterocycles. The van der Waals surface area contributed by atoms with E-state index in [1.165, 1.54) is 19.3 Å². The Hall–Kier alpha value is -1.06. The summed E-state index contributed by atoms with van der Waals surface area (Å²) in [5.41, 5.74) is 0. The molecule has 0 radical (unpaired) electrons. The number of rotatable bonds is 2. The number of nitrogens with zero attached hydrogens (tertiary/aromatic N) is 1. The Bertz CT molecular complexity index is 256. The summed E-state index contributed by atoms with van der Waals surface area (Å²) in [6, 6.07) is 0. The molecule has 1 heterocycles. The Kier molecular flexibility index (Phi) is 2.70. The highest BCUT2D eigenvalue weighted by molar-refractivity contribution is 5.85.